The predicted molar refractivity (Wildman–Crippen MR) is 237 cm³/mol. The first kappa shape index (κ1) is 43.5. The number of rotatable bonds is 12. The molecule has 4 N–H and O–H groups in total. The molecular formula is C49H56FN3O7Si. The van der Waals surface area contributed by atoms with Gasteiger partial charge in [0.1, 0.15) is 29.5 Å². The normalized spacial score (nSPS) is 22.8. The van der Waals surface area contributed by atoms with Crippen LogP contribution in [-0.4, -0.2) is 66.6 Å². The summed E-state index contributed by atoms with van der Waals surface area (Å²) in [4.78, 5) is 46.9. The molecule has 10 nitrogen and oxygen atoms in total. The number of carbonyl (C=O) groups is 3. The van der Waals surface area contributed by atoms with Crippen LogP contribution in [0.15, 0.2) is 114 Å². The molecule has 1 fully saturated rings. The molecule has 12 heteroatoms. The third-order valence-corrected chi connectivity index (χ3v) is 17.7. The summed E-state index contributed by atoms with van der Waals surface area (Å²) >= 11 is 0. The van der Waals surface area contributed by atoms with E-state index < -0.39 is 76.7 Å². The minimum atomic E-state index is -3.08. The number of nitrogens with two attached hydrogens (primary N) is 1. The Morgan fingerprint density at radius 1 is 0.902 bits per heavy atom. The second kappa shape index (κ2) is 16.0. The zero-order valence-corrected chi connectivity index (χ0v) is 37.2. The Labute approximate surface area is 358 Å². The van der Waals surface area contributed by atoms with Crippen molar-refractivity contribution < 1.29 is 38.1 Å². The van der Waals surface area contributed by atoms with Gasteiger partial charge < -0.3 is 30.0 Å². The van der Waals surface area contributed by atoms with Gasteiger partial charge in [0.25, 0.3) is 5.91 Å². The molecule has 0 radical (unpaired) electrons. The minimum absolute atomic E-state index is 0.00637. The summed E-state index contributed by atoms with van der Waals surface area (Å²) in [6.45, 7) is 12.3. The number of hydrogen-bond donors (Lipinski definition) is 3. The Bertz CT molecular complexity index is 2390. The summed E-state index contributed by atoms with van der Waals surface area (Å²) in [5.74, 6) is -5.57. The van der Waals surface area contributed by atoms with Gasteiger partial charge in [-0.05, 0) is 61.8 Å². The molecule has 7 rings (SSSR count). The molecule has 61 heavy (non-hydrogen) atoms. The monoisotopic (exact) mass is 845 g/mol. The standard InChI is InChI=1S/C49H56FN3O7Si/c1-47(2,3)61(7,8)60-49-34(40(52(5)6)42(55)38(44(49)56)46(51)58)26-48(4)25-33-35(50)24-36(53(27-30-18-12-9-13-19-30)28-31-20-14-10-15-21-31)43(37(33)41(54)39(48)45(49)57)59-29-32-22-16-11-17-23-32/h9-24,34,40,54,56H,25-29H2,1-8H3,(H2,51,58)/t34-,40-,48-,49+/m0/s1. The summed E-state index contributed by atoms with van der Waals surface area (Å²) in [6.07, 6.45) is -0.0424. The highest BCUT2D eigenvalue weighted by atomic mass is 28.4. The predicted octanol–water partition coefficient (Wildman–Crippen LogP) is 8.60. The van der Waals surface area contributed by atoms with Gasteiger partial charge in [0.2, 0.25) is 5.78 Å². The Hall–Kier alpha value is -5.56. The van der Waals surface area contributed by atoms with Gasteiger partial charge in [-0.25, -0.2) is 4.39 Å². The number of ether oxygens (including phenoxy) is 1. The Balaban J connectivity index is 1.52. The van der Waals surface area contributed by atoms with Crippen molar-refractivity contribution in [2.45, 2.75) is 90.0 Å². The van der Waals surface area contributed by atoms with Gasteiger partial charge in [0.05, 0.1) is 17.3 Å². The molecule has 0 aromatic heterocycles. The minimum Gasteiger partial charge on any atom is -0.508 e. The number of carbonyl (C=O) groups excluding carboxylic acids is 3. The molecule has 0 unspecified atom stereocenters. The maximum absolute atomic E-state index is 17.3. The van der Waals surface area contributed by atoms with Crippen molar-refractivity contribution in [2.24, 2.45) is 17.1 Å². The van der Waals surface area contributed by atoms with Crippen LogP contribution < -0.4 is 15.4 Å². The van der Waals surface area contributed by atoms with Crippen molar-refractivity contribution in [3.05, 3.63) is 148 Å². The fourth-order valence-corrected chi connectivity index (χ4v) is 10.7. The van der Waals surface area contributed by atoms with Gasteiger partial charge in [-0.15, -0.1) is 0 Å². The average Bonchev–Trinajstić information content (AvgIpc) is 3.19. The Morgan fingerprint density at radius 2 is 1.43 bits per heavy atom. The van der Waals surface area contributed by atoms with Gasteiger partial charge in [0, 0.05) is 41.6 Å². The molecule has 0 saturated heterocycles. The van der Waals surface area contributed by atoms with E-state index in [2.05, 4.69) is 0 Å². The van der Waals surface area contributed by atoms with E-state index in [1.807, 2.05) is 130 Å². The number of ketones is 2. The fourth-order valence-electron chi connectivity index (χ4n) is 9.26. The molecule has 3 aliphatic carbocycles. The van der Waals surface area contributed by atoms with Crippen molar-refractivity contribution in [3.8, 4) is 5.75 Å². The van der Waals surface area contributed by atoms with Crippen LogP contribution in [-0.2, 0) is 44.9 Å². The van der Waals surface area contributed by atoms with Crippen molar-refractivity contribution >= 4 is 37.2 Å². The van der Waals surface area contributed by atoms with Crippen molar-refractivity contribution in [3.63, 3.8) is 0 Å². The van der Waals surface area contributed by atoms with E-state index in [9.17, 15) is 19.8 Å². The lowest BCUT2D eigenvalue weighted by atomic mass is 9.52. The number of halogens is 1. The number of Topliss-reactive ketones (excluding diaryl/α,β-unsaturated/α-hetero) is 2. The van der Waals surface area contributed by atoms with Crippen molar-refractivity contribution in [1.29, 1.82) is 0 Å². The number of hydrogen-bond acceptors (Lipinski definition) is 9. The lowest BCUT2D eigenvalue weighted by Crippen LogP contribution is -2.70. The highest BCUT2D eigenvalue weighted by molar-refractivity contribution is 6.74. The number of benzene rings is 4. The molecule has 1 amide bonds. The summed E-state index contributed by atoms with van der Waals surface area (Å²) in [5.41, 5.74) is 4.74. The lowest BCUT2D eigenvalue weighted by Gasteiger charge is -2.58. The van der Waals surface area contributed by atoms with Crippen LogP contribution in [0.3, 0.4) is 0 Å². The van der Waals surface area contributed by atoms with E-state index >= 15 is 9.18 Å². The van der Waals surface area contributed by atoms with E-state index in [1.165, 1.54) is 6.07 Å². The largest absolute Gasteiger partial charge is 0.508 e. The van der Waals surface area contributed by atoms with Gasteiger partial charge >= 0.3 is 0 Å². The van der Waals surface area contributed by atoms with Crippen LogP contribution in [0.2, 0.25) is 18.1 Å². The van der Waals surface area contributed by atoms with Crippen molar-refractivity contribution in [2.75, 3.05) is 19.0 Å². The summed E-state index contributed by atoms with van der Waals surface area (Å²) in [6, 6.07) is 29.3. The second-order valence-corrected chi connectivity index (χ2v) is 23.4. The van der Waals surface area contributed by atoms with Crippen LogP contribution in [0.5, 0.6) is 5.75 Å². The quantitative estimate of drug-likeness (QED) is 0.0944. The van der Waals surface area contributed by atoms with Gasteiger partial charge in [-0.3, -0.25) is 19.3 Å². The number of amides is 1. The fraction of sp³-hybridized carbons (Fsp3) is 0.367. The van der Waals surface area contributed by atoms with E-state index in [0.717, 1.165) is 16.7 Å². The molecule has 320 valence electrons. The third kappa shape index (κ3) is 7.59. The molecular weight excluding hydrogens is 790 g/mol. The SMILES string of the molecule is CN(C)[C@@H]1C(=O)C(C(N)=O)=C(O)[C@@]2(O[Si](C)(C)C(C)(C)C)C(=O)C3=C(O)c4c(c(F)cc(N(Cc5ccccc5)Cc5ccccc5)c4OCc4ccccc4)C[C@@]3(C)C[C@@H]12. The average molecular weight is 846 g/mol. The molecule has 3 aliphatic rings. The van der Waals surface area contributed by atoms with E-state index in [1.54, 1.807) is 25.9 Å². The van der Waals surface area contributed by atoms with Crippen molar-refractivity contribution in [1.82, 2.24) is 4.90 Å². The number of primary amides is 1. The molecule has 0 bridgehead atoms. The molecule has 1 saturated carbocycles. The number of likely N-dealkylation sites (N-methyl/N-ethyl adjacent to an activating group) is 1. The number of aliphatic hydroxyl groups is 2. The Kier molecular flexibility index (Phi) is 11.4. The third-order valence-electron chi connectivity index (χ3n) is 13.2. The topological polar surface area (TPSA) is 143 Å². The zero-order valence-electron chi connectivity index (χ0n) is 36.2. The zero-order chi connectivity index (χ0) is 44.2. The van der Waals surface area contributed by atoms with E-state index in [-0.39, 0.29) is 41.9 Å². The molecule has 4 aromatic rings. The molecule has 0 heterocycles. The smallest absolute Gasteiger partial charge is 0.255 e. The summed E-state index contributed by atoms with van der Waals surface area (Å²) in [5, 5.41) is 24.7. The number of anilines is 1. The van der Waals surface area contributed by atoms with E-state index in [4.69, 9.17) is 14.9 Å². The van der Waals surface area contributed by atoms with Crippen LogP contribution in [0.1, 0.15) is 61.9 Å². The molecule has 0 spiro atoms. The highest BCUT2D eigenvalue weighted by Gasteiger charge is 2.69. The van der Waals surface area contributed by atoms with E-state index in [0.29, 0.717) is 18.8 Å². The summed E-state index contributed by atoms with van der Waals surface area (Å²) in [7, 11) is 0.227. The second-order valence-electron chi connectivity index (χ2n) is 18.7. The highest BCUT2D eigenvalue weighted by Crippen LogP contribution is 2.61. The first-order chi connectivity index (χ1) is 28.7. The van der Waals surface area contributed by atoms with Crippen LogP contribution in [0.25, 0.3) is 5.76 Å². The lowest BCUT2D eigenvalue weighted by molar-refractivity contribution is -0.154. The van der Waals surface area contributed by atoms with Gasteiger partial charge in [-0.2, -0.15) is 0 Å². The molecule has 0 aliphatic heterocycles. The Morgan fingerprint density at radius 3 is 1.92 bits per heavy atom. The van der Waals surface area contributed by atoms with Crippen LogP contribution >= 0.6 is 0 Å². The maximum Gasteiger partial charge on any atom is 0.255 e. The first-order valence-electron chi connectivity index (χ1n) is 20.7. The van der Waals surface area contributed by atoms with Crippen LogP contribution in [0, 0.1) is 17.2 Å². The molecule has 4 atom stereocenters. The number of fused-ring (bicyclic) bond motifs is 3. The van der Waals surface area contributed by atoms with Gasteiger partial charge in [0.15, 0.2) is 25.5 Å². The number of aliphatic hydroxyl groups excluding tert-OH is 2. The summed E-state index contributed by atoms with van der Waals surface area (Å²) < 4.78 is 31.1. The first-order valence-corrected chi connectivity index (χ1v) is 23.6. The van der Waals surface area contributed by atoms with Gasteiger partial charge in [-0.1, -0.05) is 119 Å². The maximum atomic E-state index is 17.3. The number of nitrogens with zero attached hydrogens (tertiary/aromatic N) is 2. The molecule has 4 aromatic carbocycles. The van der Waals surface area contributed by atoms with Crippen LogP contribution in [0.4, 0.5) is 10.1 Å².